The topological polar surface area (TPSA) is 78.5 Å². The summed E-state index contributed by atoms with van der Waals surface area (Å²) < 4.78 is 28.2. The second kappa shape index (κ2) is 8.65. The number of rotatable bonds is 6. The van der Waals surface area contributed by atoms with Gasteiger partial charge in [0.05, 0.1) is 10.6 Å². The maximum Gasteiger partial charge on any atom is 0.265 e. The lowest BCUT2D eigenvalue weighted by molar-refractivity contribution is -0.114. The van der Waals surface area contributed by atoms with Gasteiger partial charge >= 0.3 is 0 Å². The molecule has 1 unspecified atom stereocenters. The number of hydrogen-bond acceptors (Lipinski definition) is 4. The van der Waals surface area contributed by atoms with Gasteiger partial charge in [-0.15, -0.1) is 0 Å². The lowest BCUT2D eigenvalue weighted by Crippen LogP contribution is -2.34. The molecule has 170 valence electrons. The molecule has 0 aromatic heterocycles. The molecule has 0 bridgehead atoms. The number of carbonyl (C=O) groups is 1. The molecule has 0 fully saturated rings. The molecular weight excluding hydrogens is 434 g/mol. The minimum Gasteiger partial charge on any atom is -0.326 e. The van der Waals surface area contributed by atoms with E-state index in [1.807, 2.05) is 12.1 Å². The maximum absolute atomic E-state index is 13.3. The van der Waals surface area contributed by atoms with E-state index in [0.717, 1.165) is 31.2 Å². The zero-order valence-corrected chi connectivity index (χ0v) is 19.4. The average Bonchev–Trinajstić information content (AvgIpc) is 3.04. The van der Waals surface area contributed by atoms with Crippen LogP contribution in [0.2, 0.25) is 0 Å². The summed E-state index contributed by atoms with van der Waals surface area (Å²) in [5.41, 5.74) is 3.92. The van der Waals surface area contributed by atoms with Gasteiger partial charge in [-0.05, 0) is 48.6 Å². The molecule has 6 nitrogen and oxygen atoms in total. The van der Waals surface area contributed by atoms with Crippen LogP contribution in [0.15, 0.2) is 71.6 Å². The first kappa shape index (κ1) is 21.7. The van der Waals surface area contributed by atoms with Crippen molar-refractivity contribution in [2.24, 2.45) is 0 Å². The standard InChI is InChI=1S/C26H27N3O3S/c1-18(30)28-23-12-13-24-26-22(23)10-5-11-25(26)33(31,32)29(24)16-6-9-21-17-20(14-15-27-21)19-7-3-2-4-8-19/h2-5,7-8,10-14,21,27H,6,9,15-17H2,1H3,(H,28,30). The fourth-order valence-electron chi connectivity index (χ4n) is 4.91. The lowest BCUT2D eigenvalue weighted by atomic mass is 9.93. The average molecular weight is 462 g/mol. The molecule has 1 amide bonds. The van der Waals surface area contributed by atoms with Crippen molar-refractivity contribution >= 4 is 43.7 Å². The smallest absolute Gasteiger partial charge is 0.265 e. The Labute approximate surface area is 194 Å². The highest BCUT2D eigenvalue weighted by atomic mass is 32.2. The minimum absolute atomic E-state index is 0.183. The van der Waals surface area contributed by atoms with Crippen LogP contribution in [0, 0.1) is 0 Å². The quantitative estimate of drug-likeness (QED) is 0.565. The normalized spacial score (nSPS) is 18.9. The number of anilines is 2. The van der Waals surface area contributed by atoms with Crippen LogP contribution in [-0.2, 0) is 14.8 Å². The van der Waals surface area contributed by atoms with E-state index in [1.54, 1.807) is 24.3 Å². The summed E-state index contributed by atoms with van der Waals surface area (Å²) >= 11 is 0. The van der Waals surface area contributed by atoms with Gasteiger partial charge in [0.1, 0.15) is 0 Å². The van der Waals surface area contributed by atoms with E-state index in [4.69, 9.17) is 0 Å². The minimum atomic E-state index is -3.61. The number of sulfonamides is 1. The number of hydrogen-bond donors (Lipinski definition) is 2. The first-order chi connectivity index (χ1) is 15.9. The third-order valence-electron chi connectivity index (χ3n) is 6.41. The number of nitrogens with one attached hydrogen (secondary N) is 2. The molecule has 0 saturated heterocycles. The van der Waals surface area contributed by atoms with Crippen molar-refractivity contribution in [3.8, 4) is 0 Å². The van der Waals surface area contributed by atoms with Crippen molar-refractivity contribution in [3.05, 3.63) is 72.3 Å². The first-order valence-corrected chi connectivity index (χ1v) is 12.7. The molecule has 2 aliphatic heterocycles. The summed E-state index contributed by atoms with van der Waals surface area (Å²) in [6.07, 6.45) is 4.81. The van der Waals surface area contributed by atoms with Crippen molar-refractivity contribution in [1.82, 2.24) is 5.32 Å². The fourth-order valence-corrected chi connectivity index (χ4v) is 6.65. The van der Waals surface area contributed by atoms with Gasteiger partial charge in [0.2, 0.25) is 5.91 Å². The Morgan fingerprint density at radius 2 is 1.91 bits per heavy atom. The van der Waals surface area contributed by atoms with Gasteiger partial charge in [0, 0.05) is 42.5 Å². The monoisotopic (exact) mass is 461 g/mol. The predicted octanol–water partition coefficient (Wildman–Crippen LogP) is 4.53. The van der Waals surface area contributed by atoms with E-state index in [-0.39, 0.29) is 5.91 Å². The van der Waals surface area contributed by atoms with Gasteiger partial charge in [0.25, 0.3) is 10.0 Å². The largest absolute Gasteiger partial charge is 0.326 e. The number of carbonyl (C=O) groups excluding carboxylic acids is 1. The van der Waals surface area contributed by atoms with Crippen molar-refractivity contribution in [3.63, 3.8) is 0 Å². The third kappa shape index (κ3) is 4.03. The van der Waals surface area contributed by atoms with Crippen molar-refractivity contribution in [2.75, 3.05) is 22.7 Å². The molecule has 0 saturated carbocycles. The van der Waals surface area contributed by atoms with E-state index >= 15 is 0 Å². The first-order valence-electron chi connectivity index (χ1n) is 11.3. The van der Waals surface area contributed by atoms with E-state index in [1.165, 1.54) is 22.4 Å². The molecule has 2 heterocycles. The molecule has 5 rings (SSSR count). The highest BCUT2D eigenvalue weighted by Crippen LogP contribution is 2.44. The van der Waals surface area contributed by atoms with Crippen LogP contribution in [-0.4, -0.2) is 33.5 Å². The van der Waals surface area contributed by atoms with Crippen molar-refractivity contribution in [2.45, 2.75) is 37.1 Å². The Kier molecular flexibility index (Phi) is 5.68. The number of nitrogens with zero attached hydrogens (tertiary/aromatic N) is 1. The molecule has 3 aromatic rings. The van der Waals surface area contributed by atoms with E-state index in [0.29, 0.717) is 34.2 Å². The Morgan fingerprint density at radius 3 is 2.70 bits per heavy atom. The maximum atomic E-state index is 13.3. The van der Waals surface area contributed by atoms with Crippen molar-refractivity contribution < 1.29 is 13.2 Å². The van der Waals surface area contributed by atoms with Gasteiger partial charge in [-0.25, -0.2) is 8.42 Å². The summed E-state index contributed by atoms with van der Waals surface area (Å²) in [6.45, 7) is 2.70. The van der Waals surface area contributed by atoms with E-state index in [9.17, 15) is 13.2 Å². The van der Waals surface area contributed by atoms with Crippen molar-refractivity contribution in [1.29, 1.82) is 0 Å². The van der Waals surface area contributed by atoms with Gasteiger partial charge < -0.3 is 10.6 Å². The van der Waals surface area contributed by atoms with Crippen LogP contribution in [0.4, 0.5) is 11.4 Å². The highest BCUT2D eigenvalue weighted by Gasteiger charge is 2.36. The van der Waals surface area contributed by atoms with E-state index in [2.05, 4.69) is 41.0 Å². The van der Waals surface area contributed by atoms with Crippen LogP contribution in [0.3, 0.4) is 0 Å². The van der Waals surface area contributed by atoms with Crippen LogP contribution in [0.1, 0.15) is 31.7 Å². The number of benzene rings is 3. The Morgan fingerprint density at radius 1 is 1.09 bits per heavy atom. The third-order valence-corrected chi connectivity index (χ3v) is 8.26. The molecule has 0 spiro atoms. The molecule has 1 atom stereocenters. The summed E-state index contributed by atoms with van der Waals surface area (Å²) in [5.74, 6) is -0.183. The summed E-state index contributed by atoms with van der Waals surface area (Å²) in [7, 11) is -3.61. The molecule has 2 N–H and O–H groups in total. The fraction of sp³-hybridized carbons (Fsp3) is 0.269. The molecule has 2 aliphatic rings. The second-order valence-electron chi connectivity index (χ2n) is 8.62. The zero-order valence-electron chi connectivity index (χ0n) is 18.5. The number of amides is 1. The van der Waals surface area contributed by atoms with Gasteiger partial charge in [0.15, 0.2) is 0 Å². The predicted molar refractivity (Wildman–Crippen MR) is 133 cm³/mol. The summed E-state index contributed by atoms with van der Waals surface area (Å²) in [4.78, 5) is 11.9. The van der Waals surface area contributed by atoms with Crippen LogP contribution in [0.25, 0.3) is 16.3 Å². The molecule has 33 heavy (non-hydrogen) atoms. The van der Waals surface area contributed by atoms with Gasteiger partial charge in [-0.2, -0.15) is 0 Å². The SMILES string of the molecule is CC(=O)Nc1ccc2c3c(cccc13)S(=O)(=O)N2CCCC1CC(c2ccccc2)=CCN1. The Bertz CT molecular complexity index is 1350. The Balaban J connectivity index is 1.32. The molecule has 0 radical (unpaired) electrons. The van der Waals surface area contributed by atoms with E-state index < -0.39 is 10.0 Å². The van der Waals surface area contributed by atoms with Crippen LogP contribution >= 0.6 is 0 Å². The second-order valence-corrected chi connectivity index (χ2v) is 10.4. The van der Waals surface area contributed by atoms with Gasteiger partial charge in [-0.1, -0.05) is 48.5 Å². The summed E-state index contributed by atoms with van der Waals surface area (Å²) in [6, 6.07) is 19.6. The molecule has 0 aliphatic carbocycles. The molecule has 7 heteroatoms. The lowest BCUT2D eigenvalue weighted by Gasteiger charge is -2.26. The highest BCUT2D eigenvalue weighted by molar-refractivity contribution is 7.93. The zero-order chi connectivity index (χ0) is 23.0. The van der Waals surface area contributed by atoms with Gasteiger partial charge in [-0.3, -0.25) is 9.10 Å². The molecular formula is C26H27N3O3S. The van der Waals surface area contributed by atoms with Crippen LogP contribution < -0.4 is 14.9 Å². The van der Waals surface area contributed by atoms with Crippen LogP contribution in [0.5, 0.6) is 0 Å². The summed E-state index contributed by atoms with van der Waals surface area (Å²) in [5, 5.41) is 7.79. The molecule has 3 aromatic carbocycles. The Hall–Kier alpha value is -3.16.